The quantitative estimate of drug-likeness (QED) is 0.710. The number of hydrogen-bond acceptors (Lipinski definition) is 4. The number of carboxylic acids is 1. The highest BCUT2D eigenvalue weighted by molar-refractivity contribution is 5.88. The third-order valence-corrected chi connectivity index (χ3v) is 2.28. The summed E-state index contributed by atoms with van der Waals surface area (Å²) in [5, 5.41) is 11.8. The number of anilines is 1. The van der Waals surface area contributed by atoms with Crippen molar-refractivity contribution < 1.29 is 23.4 Å². The third-order valence-electron chi connectivity index (χ3n) is 2.28. The number of carbonyl (C=O) groups is 1. The second-order valence-electron chi connectivity index (χ2n) is 3.78. The van der Waals surface area contributed by atoms with Crippen LogP contribution in [0.3, 0.4) is 0 Å². The van der Waals surface area contributed by atoms with E-state index in [0.29, 0.717) is 17.9 Å². The molecule has 0 atom stereocenters. The van der Waals surface area contributed by atoms with E-state index in [0.717, 1.165) is 0 Å². The molecule has 1 heterocycles. The summed E-state index contributed by atoms with van der Waals surface area (Å²) in [6.45, 7) is 1.64. The molecule has 106 valence electrons. The molecule has 0 radical (unpaired) electrons. The molecule has 1 rings (SSSR count). The zero-order valence-electron chi connectivity index (χ0n) is 10.5. The van der Waals surface area contributed by atoms with Crippen LogP contribution in [0.5, 0.6) is 0 Å². The molecule has 0 saturated carbocycles. The van der Waals surface area contributed by atoms with Crippen molar-refractivity contribution >= 4 is 11.8 Å². The van der Waals surface area contributed by atoms with Gasteiger partial charge in [0.15, 0.2) is 0 Å². The first-order valence-electron chi connectivity index (χ1n) is 5.87. The van der Waals surface area contributed by atoms with E-state index in [1.165, 1.54) is 12.1 Å². The minimum atomic E-state index is -2.49. The summed E-state index contributed by atoms with van der Waals surface area (Å²) in [5.41, 5.74) is 0.791. The van der Waals surface area contributed by atoms with Gasteiger partial charge in [0.1, 0.15) is 12.4 Å². The number of pyridine rings is 1. The van der Waals surface area contributed by atoms with Crippen LogP contribution in [0.15, 0.2) is 12.1 Å². The number of carboxylic acid groups (broad SMARTS) is 1. The number of ether oxygens (including phenoxy) is 1. The van der Waals surface area contributed by atoms with E-state index in [2.05, 4.69) is 10.3 Å². The van der Waals surface area contributed by atoms with E-state index in [9.17, 15) is 13.6 Å². The van der Waals surface area contributed by atoms with Crippen LogP contribution >= 0.6 is 0 Å². The van der Waals surface area contributed by atoms with Crippen molar-refractivity contribution in [1.29, 1.82) is 0 Å². The SMILES string of the molecule is CCc1cc(C(=O)O)cc(NCCOCC(F)F)n1. The van der Waals surface area contributed by atoms with E-state index < -0.39 is 19.0 Å². The summed E-state index contributed by atoms with van der Waals surface area (Å²) >= 11 is 0. The van der Waals surface area contributed by atoms with Gasteiger partial charge in [-0.2, -0.15) is 0 Å². The van der Waals surface area contributed by atoms with Gasteiger partial charge in [0.05, 0.1) is 12.2 Å². The summed E-state index contributed by atoms with van der Waals surface area (Å²) in [6, 6.07) is 2.90. The van der Waals surface area contributed by atoms with Crippen LogP contribution in [0.4, 0.5) is 14.6 Å². The predicted octanol–water partition coefficient (Wildman–Crippen LogP) is 2.04. The molecule has 5 nitrogen and oxygen atoms in total. The van der Waals surface area contributed by atoms with E-state index in [-0.39, 0.29) is 18.7 Å². The van der Waals surface area contributed by atoms with Crippen LogP contribution in [0.25, 0.3) is 0 Å². The Labute approximate surface area is 109 Å². The van der Waals surface area contributed by atoms with E-state index in [4.69, 9.17) is 9.84 Å². The molecule has 19 heavy (non-hydrogen) atoms. The average Bonchev–Trinajstić information content (AvgIpc) is 2.37. The molecule has 0 fully saturated rings. The molecule has 1 aromatic heterocycles. The number of aromatic carboxylic acids is 1. The molecule has 0 saturated heterocycles. The molecule has 0 aliphatic carbocycles. The van der Waals surface area contributed by atoms with Crippen LogP contribution < -0.4 is 5.32 Å². The summed E-state index contributed by atoms with van der Waals surface area (Å²) in [5.74, 6) is -0.633. The normalized spacial score (nSPS) is 10.7. The Bertz CT molecular complexity index is 427. The molecule has 2 N–H and O–H groups in total. The molecule has 0 aliphatic heterocycles. The number of hydrogen-bond donors (Lipinski definition) is 2. The van der Waals surface area contributed by atoms with Gasteiger partial charge in [-0.25, -0.2) is 18.6 Å². The Morgan fingerprint density at radius 2 is 2.26 bits per heavy atom. The predicted molar refractivity (Wildman–Crippen MR) is 65.9 cm³/mol. The van der Waals surface area contributed by atoms with Crippen molar-refractivity contribution in [2.24, 2.45) is 0 Å². The minimum absolute atomic E-state index is 0.102. The first-order valence-corrected chi connectivity index (χ1v) is 5.87. The van der Waals surface area contributed by atoms with Crippen LogP contribution in [-0.4, -0.2) is 42.2 Å². The van der Waals surface area contributed by atoms with Gasteiger partial charge in [-0.05, 0) is 18.6 Å². The van der Waals surface area contributed by atoms with Gasteiger partial charge < -0.3 is 15.2 Å². The molecule has 0 bridgehead atoms. The number of alkyl halides is 2. The van der Waals surface area contributed by atoms with Crippen molar-refractivity contribution in [1.82, 2.24) is 4.98 Å². The lowest BCUT2D eigenvalue weighted by atomic mass is 10.2. The fourth-order valence-corrected chi connectivity index (χ4v) is 1.41. The second-order valence-corrected chi connectivity index (χ2v) is 3.78. The minimum Gasteiger partial charge on any atom is -0.478 e. The molecule has 0 aliphatic rings. The zero-order chi connectivity index (χ0) is 14.3. The molecule has 0 amide bonds. The standard InChI is InChI=1S/C12H16F2N2O3/c1-2-9-5-8(12(17)18)6-11(16-9)15-3-4-19-7-10(13)14/h5-6,10H,2-4,7H2,1H3,(H,15,16)(H,17,18). The van der Waals surface area contributed by atoms with E-state index >= 15 is 0 Å². The summed E-state index contributed by atoms with van der Waals surface area (Å²) < 4.78 is 28.3. The number of aryl methyl sites for hydroxylation is 1. The van der Waals surface area contributed by atoms with Gasteiger partial charge >= 0.3 is 5.97 Å². The van der Waals surface area contributed by atoms with Crippen molar-refractivity contribution in [2.45, 2.75) is 19.8 Å². The molecule has 7 heteroatoms. The highest BCUT2D eigenvalue weighted by Gasteiger charge is 2.07. The van der Waals surface area contributed by atoms with Crippen molar-refractivity contribution in [3.63, 3.8) is 0 Å². The van der Waals surface area contributed by atoms with Crippen molar-refractivity contribution in [2.75, 3.05) is 25.1 Å². The molecule has 0 unspecified atom stereocenters. The van der Waals surface area contributed by atoms with E-state index in [1.54, 1.807) is 0 Å². The number of aromatic nitrogens is 1. The van der Waals surface area contributed by atoms with Crippen LogP contribution in [0.1, 0.15) is 23.0 Å². The molecular formula is C12H16F2N2O3. The molecule has 1 aromatic rings. The topological polar surface area (TPSA) is 71.5 Å². The van der Waals surface area contributed by atoms with Gasteiger partial charge in [0.2, 0.25) is 0 Å². The number of nitrogens with zero attached hydrogens (tertiary/aromatic N) is 1. The van der Waals surface area contributed by atoms with Gasteiger partial charge in [0, 0.05) is 12.2 Å². The van der Waals surface area contributed by atoms with Gasteiger partial charge in [-0.15, -0.1) is 0 Å². The van der Waals surface area contributed by atoms with Crippen LogP contribution in [-0.2, 0) is 11.2 Å². The first-order chi connectivity index (χ1) is 9.02. The summed E-state index contributed by atoms with van der Waals surface area (Å²) in [4.78, 5) is 15.1. The average molecular weight is 274 g/mol. The van der Waals surface area contributed by atoms with Crippen molar-refractivity contribution in [3.8, 4) is 0 Å². The Morgan fingerprint density at radius 3 is 2.84 bits per heavy atom. The largest absolute Gasteiger partial charge is 0.478 e. The van der Waals surface area contributed by atoms with Crippen LogP contribution in [0.2, 0.25) is 0 Å². The smallest absolute Gasteiger partial charge is 0.335 e. The first kappa shape index (κ1) is 15.3. The molecule has 0 aromatic carbocycles. The Morgan fingerprint density at radius 1 is 1.53 bits per heavy atom. The van der Waals surface area contributed by atoms with Crippen molar-refractivity contribution in [3.05, 3.63) is 23.4 Å². The maximum Gasteiger partial charge on any atom is 0.335 e. The summed E-state index contributed by atoms with van der Waals surface area (Å²) in [6.07, 6.45) is -1.88. The maximum absolute atomic E-state index is 11.8. The Balaban J connectivity index is 2.53. The lowest BCUT2D eigenvalue weighted by molar-refractivity contribution is 0.0214. The lowest BCUT2D eigenvalue weighted by Gasteiger charge is -2.09. The van der Waals surface area contributed by atoms with E-state index in [1.807, 2.05) is 6.92 Å². The lowest BCUT2D eigenvalue weighted by Crippen LogP contribution is -2.14. The second kappa shape index (κ2) is 7.63. The molecule has 0 spiro atoms. The van der Waals surface area contributed by atoms with Gasteiger partial charge in [-0.3, -0.25) is 0 Å². The maximum atomic E-state index is 11.8. The third kappa shape index (κ3) is 5.60. The fraction of sp³-hybridized carbons (Fsp3) is 0.500. The Hall–Kier alpha value is -1.76. The highest BCUT2D eigenvalue weighted by Crippen LogP contribution is 2.11. The number of halogens is 2. The van der Waals surface area contributed by atoms with Gasteiger partial charge in [-0.1, -0.05) is 6.92 Å². The summed E-state index contributed by atoms with van der Waals surface area (Å²) in [7, 11) is 0. The highest BCUT2D eigenvalue weighted by atomic mass is 19.3. The fourth-order valence-electron chi connectivity index (χ4n) is 1.41. The number of nitrogens with one attached hydrogen (secondary N) is 1. The zero-order valence-corrected chi connectivity index (χ0v) is 10.5. The monoisotopic (exact) mass is 274 g/mol. The Kier molecular flexibility index (Phi) is 6.14. The van der Waals surface area contributed by atoms with Gasteiger partial charge in [0.25, 0.3) is 6.43 Å². The molecular weight excluding hydrogens is 258 g/mol. The number of rotatable bonds is 8. The van der Waals surface area contributed by atoms with Crippen LogP contribution in [0, 0.1) is 0 Å².